The molecule has 5 rings (SSSR count). The fourth-order valence-electron chi connectivity index (χ4n) is 9.81. The Kier molecular flexibility index (Phi) is 11.3. The van der Waals surface area contributed by atoms with Crippen molar-refractivity contribution in [2.24, 2.45) is 28.2 Å². The molecule has 260 valence electrons. The number of hydrogen-bond acceptors (Lipinski definition) is 8. The van der Waals surface area contributed by atoms with Gasteiger partial charge in [0.1, 0.15) is 18.0 Å². The third-order valence-corrected chi connectivity index (χ3v) is 12.7. The number of hydrogen-bond donors (Lipinski definition) is 3. The van der Waals surface area contributed by atoms with Crippen LogP contribution in [0.4, 0.5) is 8.78 Å². The zero-order valence-corrected chi connectivity index (χ0v) is 29.6. The van der Waals surface area contributed by atoms with Crippen LogP contribution in [0, 0.1) is 23.2 Å². The topological polar surface area (TPSA) is 75.6 Å². The molecule has 2 aliphatic carbocycles. The molecule has 0 aromatic heterocycles. The van der Waals surface area contributed by atoms with Crippen molar-refractivity contribution in [2.75, 3.05) is 46.9 Å². The van der Waals surface area contributed by atoms with Gasteiger partial charge in [-0.25, -0.2) is 13.8 Å². The van der Waals surface area contributed by atoms with E-state index < -0.39 is 47.4 Å². The molecule has 0 aromatic rings. The van der Waals surface area contributed by atoms with Gasteiger partial charge in [0, 0.05) is 74.9 Å². The summed E-state index contributed by atoms with van der Waals surface area (Å²) < 4.78 is 39.4. The van der Waals surface area contributed by atoms with Crippen LogP contribution in [0.25, 0.3) is 0 Å². The molecule has 0 bridgehead atoms. The largest absolute Gasteiger partial charge is 0.465 e. The van der Waals surface area contributed by atoms with Crippen LogP contribution in [-0.2, 0) is 4.74 Å². The molecule has 0 radical (unpaired) electrons. The zero-order chi connectivity index (χ0) is 32.7. The number of fused-ring (bicyclic) bond motifs is 1. The third kappa shape index (κ3) is 6.76. The quantitative estimate of drug-likeness (QED) is 0.329. The van der Waals surface area contributed by atoms with Gasteiger partial charge in [0.25, 0.3) is 6.02 Å². The lowest BCUT2D eigenvalue weighted by Gasteiger charge is -2.61. The molecule has 3 N–H and O–H groups in total. The number of halogens is 3. The van der Waals surface area contributed by atoms with E-state index in [0.29, 0.717) is 38.3 Å². The number of nitrogens with one attached hydrogen (secondary N) is 2. The first-order valence-electron chi connectivity index (χ1n) is 17.9. The Balaban J connectivity index is 1.47. The highest BCUT2D eigenvalue weighted by Crippen LogP contribution is 2.53. The van der Waals surface area contributed by atoms with Crippen molar-refractivity contribution in [3.05, 3.63) is 0 Å². The van der Waals surface area contributed by atoms with Crippen LogP contribution in [0.2, 0.25) is 0 Å². The fraction of sp³-hybridized carbons (Fsp3) is 0.971. The van der Waals surface area contributed by atoms with Crippen molar-refractivity contribution in [3.63, 3.8) is 0 Å². The number of ether oxygens (including phenoxy) is 1. The molecule has 2 saturated carbocycles. The second-order valence-corrected chi connectivity index (χ2v) is 16.0. The predicted molar refractivity (Wildman–Crippen MR) is 178 cm³/mol. The molecule has 45 heavy (non-hydrogen) atoms. The Morgan fingerprint density at radius 1 is 1.11 bits per heavy atom. The normalized spacial score (nSPS) is 46.9. The Morgan fingerprint density at radius 3 is 2.44 bits per heavy atom. The number of aliphatic hydroxyl groups excluding tert-OH is 1. The average molecular weight is 659 g/mol. The molecule has 3 aliphatic heterocycles. The summed E-state index contributed by atoms with van der Waals surface area (Å²) in [5.74, 6) is -1.78. The number of alkyl halides is 3. The summed E-state index contributed by atoms with van der Waals surface area (Å²) >= 11 is 7.14. The van der Waals surface area contributed by atoms with Gasteiger partial charge in [0.15, 0.2) is 0 Å². The maximum Gasteiger partial charge on any atom is 0.289 e. The van der Waals surface area contributed by atoms with Crippen molar-refractivity contribution in [1.29, 1.82) is 0 Å². The molecule has 5 aliphatic rings. The fourth-order valence-corrected chi connectivity index (χ4v) is 10.3. The summed E-state index contributed by atoms with van der Waals surface area (Å²) in [5.41, 5.74) is -0.447. The molecule has 0 amide bonds. The average Bonchev–Trinajstić information content (AvgIpc) is 2.98. The third-order valence-electron chi connectivity index (χ3n) is 12.2. The van der Waals surface area contributed by atoms with Crippen LogP contribution < -0.4 is 10.6 Å². The summed E-state index contributed by atoms with van der Waals surface area (Å²) in [6.45, 7) is 15.3. The summed E-state index contributed by atoms with van der Waals surface area (Å²) in [7, 11) is 4.05. The highest BCUT2D eigenvalue weighted by Gasteiger charge is 2.63. The van der Waals surface area contributed by atoms with Gasteiger partial charge >= 0.3 is 0 Å². The molecule has 0 aromatic carbocycles. The van der Waals surface area contributed by atoms with Crippen LogP contribution >= 0.6 is 11.6 Å². The van der Waals surface area contributed by atoms with E-state index >= 15 is 8.78 Å². The summed E-state index contributed by atoms with van der Waals surface area (Å²) in [5, 5.41) is 17.6. The van der Waals surface area contributed by atoms with E-state index in [1.165, 1.54) is 0 Å². The van der Waals surface area contributed by atoms with Gasteiger partial charge in [-0.2, -0.15) is 0 Å². The standard InChI is InChI=1S/C34H61ClF2N6O2/c1-8-14-34(43-21(3)17-38-18-22(43)4)23-16-24(35)28(29-25(36)11-10-12-26(29)44)30(37)31(23)42(7)32(40-34)45-15-13-27-39-19-33(5,9-2)20-41(27)6/h21-31,38-39,44H,8-20H2,1-7H3/t21-,22+,23?,24?,25?,26?,27?,28?,29?,30?,31?,33?,34?. The van der Waals surface area contributed by atoms with Crippen molar-refractivity contribution >= 4 is 17.6 Å². The number of rotatable bonds is 8. The maximum absolute atomic E-state index is 17.3. The Labute approximate surface area is 276 Å². The smallest absolute Gasteiger partial charge is 0.289 e. The van der Waals surface area contributed by atoms with Crippen LogP contribution in [0.3, 0.4) is 0 Å². The van der Waals surface area contributed by atoms with Gasteiger partial charge in [-0.05, 0) is 64.8 Å². The molecule has 11 unspecified atom stereocenters. The van der Waals surface area contributed by atoms with Crippen molar-refractivity contribution in [2.45, 2.75) is 140 Å². The lowest BCUT2D eigenvalue weighted by molar-refractivity contribution is -0.128. The van der Waals surface area contributed by atoms with Gasteiger partial charge in [0.05, 0.1) is 24.9 Å². The molecule has 13 atom stereocenters. The molecular formula is C34H61ClF2N6O2. The van der Waals surface area contributed by atoms with Crippen LogP contribution in [0.5, 0.6) is 0 Å². The van der Waals surface area contributed by atoms with E-state index in [2.05, 4.69) is 62.1 Å². The molecule has 2 saturated heterocycles. The second-order valence-electron chi connectivity index (χ2n) is 15.5. The van der Waals surface area contributed by atoms with E-state index in [0.717, 1.165) is 51.9 Å². The minimum absolute atomic E-state index is 0.183. The van der Waals surface area contributed by atoms with Gasteiger partial charge in [-0.1, -0.05) is 27.2 Å². The van der Waals surface area contributed by atoms with Crippen LogP contribution in [0.1, 0.15) is 86.0 Å². The Bertz CT molecular complexity index is 1010. The van der Waals surface area contributed by atoms with Gasteiger partial charge in [0.2, 0.25) is 0 Å². The van der Waals surface area contributed by atoms with Crippen molar-refractivity contribution in [1.82, 2.24) is 25.3 Å². The lowest BCUT2D eigenvalue weighted by Crippen LogP contribution is -2.74. The summed E-state index contributed by atoms with van der Waals surface area (Å²) in [6.07, 6.45) is 2.15. The van der Waals surface area contributed by atoms with E-state index in [-0.39, 0.29) is 29.6 Å². The first-order chi connectivity index (χ1) is 21.4. The van der Waals surface area contributed by atoms with Crippen LogP contribution in [-0.4, -0.2) is 126 Å². The van der Waals surface area contributed by atoms with E-state index in [1.807, 2.05) is 11.9 Å². The number of nitrogens with zero attached hydrogens (tertiary/aromatic N) is 4. The lowest BCUT2D eigenvalue weighted by atomic mass is 9.62. The summed E-state index contributed by atoms with van der Waals surface area (Å²) in [6, 6.07) is 0.250. The number of amidine groups is 1. The molecule has 3 heterocycles. The van der Waals surface area contributed by atoms with E-state index in [1.54, 1.807) is 0 Å². The summed E-state index contributed by atoms with van der Waals surface area (Å²) in [4.78, 5) is 12.3. The van der Waals surface area contributed by atoms with Gasteiger partial charge < -0.3 is 25.4 Å². The minimum Gasteiger partial charge on any atom is -0.465 e. The molecule has 4 fully saturated rings. The Morgan fingerprint density at radius 2 is 1.82 bits per heavy atom. The monoisotopic (exact) mass is 658 g/mol. The number of aliphatic hydroxyl groups is 1. The van der Waals surface area contributed by atoms with Crippen molar-refractivity contribution < 1.29 is 18.6 Å². The first kappa shape index (κ1) is 35.5. The molecule has 8 nitrogen and oxygen atoms in total. The number of piperazine rings is 1. The maximum atomic E-state index is 17.3. The number of aliphatic imine (C=N–C) groups is 1. The predicted octanol–water partition coefficient (Wildman–Crippen LogP) is 4.60. The second kappa shape index (κ2) is 14.4. The highest BCUT2D eigenvalue weighted by atomic mass is 35.5. The highest BCUT2D eigenvalue weighted by molar-refractivity contribution is 6.21. The van der Waals surface area contributed by atoms with E-state index in [4.69, 9.17) is 21.3 Å². The van der Waals surface area contributed by atoms with E-state index in [9.17, 15) is 5.11 Å². The SMILES string of the molecule is CCCC1(N2[C@H](C)CNC[C@@H]2C)N=C(OCCC2NCC(C)(CC)CN2C)N(C)C2C(F)C(C3C(O)CCCC3F)C(Cl)CC21. The van der Waals surface area contributed by atoms with Crippen molar-refractivity contribution in [3.8, 4) is 0 Å². The van der Waals surface area contributed by atoms with Crippen LogP contribution in [0.15, 0.2) is 4.99 Å². The first-order valence-corrected chi connectivity index (χ1v) is 18.3. The minimum atomic E-state index is -1.43. The molecule has 11 heteroatoms. The zero-order valence-electron chi connectivity index (χ0n) is 28.8. The molecule has 0 spiro atoms. The molecular weight excluding hydrogens is 598 g/mol. The van der Waals surface area contributed by atoms with Gasteiger partial charge in [-0.3, -0.25) is 9.80 Å². The Hall–Kier alpha value is -0.780. The van der Waals surface area contributed by atoms with Gasteiger partial charge in [-0.15, -0.1) is 11.6 Å².